The summed E-state index contributed by atoms with van der Waals surface area (Å²) in [6, 6.07) is 9.05. The van der Waals surface area contributed by atoms with Gasteiger partial charge in [0.15, 0.2) is 0 Å². The number of carbonyl (C=O) groups is 1. The van der Waals surface area contributed by atoms with Crippen molar-refractivity contribution in [2.24, 2.45) is 0 Å². The van der Waals surface area contributed by atoms with Crippen LogP contribution in [0.5, 0.6) is 5.75 Å². The third kappa shape index (κ3) is 7.66. The molecule has 1 fully saturated rings. The Morgan fingerprint density at radius 2 is 1.96 bits per heavy atom. The summed E-state index contributed by atoms with van der Waals surface area (Å²) in [5.41, 5.74) is 1.45. The molecule has 2 N–H and O–H groups in total. The zero-order valence-electron chi connectivity index (χ0n) is 15.9. The molecule has 1 aliphatic heterocycles. The monoisotopic (exact) mass is 368 g/mol. The molecule has 0 saturated carbocycles. The van der Waals surface area contributed by atoms with Gasteiger partial charge in [0.1, 0.15) is 5.75 Å². The molecular formula is C20H33ClN2O2. The lowest BCUT2D eigenvalue weighted by molar-refractivity contribution is -0.122. The van der Waals surface area contributed by atoms with Crippen molar-refractivity contribution < 1.29 is 9.53 Å². The summed E-state index contributed by atoms with van der Waals surface area (Å²) in [5.74, 6) is 1.01. The second-order valence-corrected chi connectivity index (χ2v) is 7.87. The quantitative estimate of drug-likeness (QED) is 0.750. The van der Waals surface area contributed by atoms with Gasteiger partial charge in [0, 0.05) is 18.5 Å². The Bertz CT molecular complexity index is 525. The van der Waals surface area contributed by atoms with Crippen LogP contribution in [0, 0.1) is 0 Å². The first-order chi connectivity index (χ1) is 11.3. The van der Waals surface area contributed by atoms with Crippen LogP contribution in [-0.4, -0.2) is 31.1 Å². The van der Waals surface area contributed by atoms with Gasteiger partial charge in [-0.2, -0.15) is 0 Å². The number of hydrogen-bond acceptors (Lipinski definition) is 3. The number of amides is 1. The predicted molar refractivity (Wildman–Crippen MR) is 106 cm³/mol. The number of halogens is 1. The van der Waals surface area contributed by atoms with Gasteiger partial charge in [-0.25, -0.2) is 0 Å². The molecule has 5 heteroatoms. The molecule has 0 radical (unpaired) electrons. The van der Waals surface area contributed by atoms with E-state index in [9.17, 15) is 4.79 Å². The Kier molecular flexibility index (Phi) is 8.74. The van der Waals surface area contributed by atoms with Crippen molar-refractivity contribution >= 4 is 18.3 Å². The normalized spacial score (nSPS) is 20.5. The molecule has 0 spiro atoms. The number of ether oxygens (including phenoxy) is 1. The van der Waals surface area contributed by atoms with Crippen molar-refractivity contribution in [2.45, 2.75) is 70.9 Å². The number of carbonyl (C=O) groups excluding carboxylic acids is 1. The highest BCUT2D eigenvalue weighted by molar-refractivity contribution is 5.85. The second kappa shape index (κ2) is 10.0. The minimum absolute atomic E-state index is 0. The molecule has 1 aromatic carbocycles. The molecule has 142 valence electrons. The second-order valence-electron chi connectivity index (χ2n) is 7.87. The predicted octanol–water partition coefficient (Wildman–Crippen LogP) is 3.82. The van der Waals surface area contributed by atoms with Crippen LogP contribution in [0.3, 0.4) is 0 Å². The van der Waals surface area contributed by atoms with Crippen molar-refractivity contribution in [3.05, 3.63) is 29.8 Å². The Hall–Kier alpha value is -1.26. The fourth-order valence-electron chi connectivity index (χ4n) is 3.04. The summed E-state index contributed by atoms with van der Waals surface area (Å²) in [4.78, 5) is 12.0. The third-order valence-electron chi connectivity index (χ3n) is 4.53. The maximum Gasteiger partial charge on any atom is 0.220 e. The maximum absolute atomic E-state index is 12.0. The van der Waals surface area contributed by atoms with Crippen molar-refractivity contribution in [1.82, 2.24) is 10.6 Å². The zero-order valence-corrected chi connectivity index (χ0v) is 16.7. The van der Waals surface area contributed by atoms with E-state index >= 15 is 0 Å². The summed E-state index contributed by atoms with van der Waals surface area (Å²) < 4.78 is 5.74. The van der Waals surface area contributed by atoms with E-state index in [0.717, 1.165) is 31.6 Å². The molecule has 25 heavy (non-hydrogen) atoms. The Balaban J connectivity index is 0.00000312. The first-order valence-corrected chi connectivity index (χ1v) is 9.10. The molecule has 0 aliphatic carbocycles. The minimum Gasteiger partial charge on any atom is -0.494 e. The summed E-state index contributed by atoms with van der Waals surface area (Å²) in [6.07, 6.45) is 3.31. The van der Waals surface area contributed by atoms with Gasteiger partial charge in [0.2, 0.25) is 5.91 Å². The Labute approximate surface area is 158 Å². The van der Waals surface area contributed by atoms with Crippen LogP contribution >= 0.6 is 12.4 Å². The summed E-state index contributed by atoms with van der Waals surface area (Å²) in [7, 11) is 0. The lowest BCUT2D eigenvalue weighted by Gasteiger charge is -2.28. The fourth-order valence-corrected chi connectivity index (χ4v) is 3.04. The number of piperidine rings is 1. The van der Waals surface area contributed by atoms with Gasteiger partial charge in [-0.15, -0.1) is 12.4 Å². The SMILES string of the molecule is CC1CC(NC(=O)CCCOc2ccc(C(C)(C)C)cc2)CCN1.Cl. The average Bonchev–Trinajstić information content (AvgIpc) is 2.51. The maximum atomic E-state index is 12.0. The molecule has 4 nitrogen and oxygen atoms in total. The molecule has 1 heterocycles. The smallest absolute Gasteiger partial charge is 0.220 e. The van der Waals surface area contributed by atoms with Crippen LogP contribution in [0.4, 0.5) is 0 Å². The average molecular weight is 369 g/mol. The standard InChI is InChI=1S/C20H32N2O2.ClH/c1-15-14-17(11-12-21-15)22-19(23)6-5-13-24-18-9-7-16(8-10-18)20(2,3)4;/h7-10,15,17,21H,5-6,11-14H2,1-4H3,(H,22,23);1H. The molecule has 2 unspecified atom stereocenters. The van der Waals surface area contributed by atoms with Crippen LogP contribution in [0.25, 0.3) is 0 Å². The largest absolute Gasteiger partial charge is 0.494 e. The fraction of sp³-hybridized carbons (Fsp3) is 0.650. The third-order valence-corrected chi connectivity index (χ3v) is 4.53. The number of rotatable bonds is 6. The molecule has 0 bridgehead atoms. The minimum atomic E-state index is 0. The van der Waals surface area contributed by atoms with Gasteiger partial charge in [-0.05, 0) is 55.8 Å². The zero-order chi connectivity index (χ0) is 17.6. The molecule has 1 amide bonds. The van der Waals surface area contributed by atoms with Crippen LogP contribution in [-0.2, 0) is 10.2 Å². The van der Waals surface area contributed by atoms with Crippen LogP contribution in [0.1, 0.15) is 58.9 Å². The van der Waals surface area contributed by atoms with Gasteiger partial charge in [-0.1, -0.05) is 32.9 Å². The number of hydrogen-bond donors (Lipinski definition) is 2. The van der Waals surface area contributed by atoms with Crippen molar-refractivity contribution in [1.29, 1.82) is 0 Å². The van der Waals surface area contributed by atoms with E-state index in [1.807, 2.05) is 12.1 Å². The van der Waals surface area contributed by atoms with Gasteiger partial charge >= 0.3 is 0 Å². The van der Waals surface area contributed by atoms with Gasteiger partial charge in [-0.3, -0.25) is 4.79 Å². The van der Waals surface area contributed by atoms with E-state index in [4.69, 9.17) is 4.74 Å². The summed E-state index contributed by atoms with van der Waals surface area (Å²) in [5, 5.41) is 6.53. The molecule has 2 rings (SSSR count). The molecule has 2 atom stereocenters. The summed E-state index contributed by atoms with van der Waals surface area (Å²) >= 11 is 0. The van der Waals surface area contributed by atoms with Crippen LogP contribution in [0.15, 0.2) is 24.3 Å². The topological polar surface area (TPSA) is 50.4 Å². The van der Waals surface area contributed by atoms with Crippen molar-refractivity contribution in [3.63, 3.8) is 0 Å². The van der Waals surface area contributed by atoms with E-state index < -0.39 is 0 Å². The molecule has 0 aromatic heterocycles. The molecule has 1 aliphatic rings. The van der Waals surface area contributed by atoms with Gasteiger partial charge < -0.3 is 15.4 Å². The Morgan fingerprint density at radius 3 is 2.56 bits per heavy atom. The molecule has 1 saturated heterocycles. The highest BCUT2D eigenvalue weighted by Crippen LogP contribution is 2.24. The van der Waals surface area contributed by atoms with E-state index in [2.05, 4.69) is 50.5 Å². The Morgan fingerprint density at radius 1 is 1.28 bits per heavy atom. The summed E-state index contributed by atoms with van der Waals surface area (Å²) in [6.45, 7) is 10.3. The van der Waals surface area contributed by atoms with Crippen LogP contribution < -0.4 is 15.4 Å². The van der Waals surface area contributed by atoms with Gasteiger partial charge in [0.25, 0.3) is 0 Å². The number of benzene rings is 1. The lowest BCUT2D eigenvalue weighted by atomic mass is 9.87. The lowest BCUT2D eigenvalue weighted by Crippen LogP contribution is -2.46. The van der Waals surface area contributed by atoms with Gasteiger partial charge in [0.05, 0.1) is 6.61 Å². The van der Waals surface area contributed by atoms with E-state index in [0.29, 0.717) is 25.1 Å². The van der Waals surface area contributed by atoms with E-state index in [-0.39, 0.29) is 23.7 Å². The first-order valence-electron chi connectivity index (χ1n) is 9.10. The molecular weight excluding hydrogens is 336 g/mol. The van der Waals surface area contributed by atoms with Crippen LogP contribution in [0.2, 0.25) is 0 Å². The van der Waals surface area contributed by atoms with E-state index in [1.165, 1.54) is 5.56 Å². The van der Waals surface area contributed by atoms with E-state index in [1.54, 1.807) is 0 Å². The van der Waals surface area contributed by atoms with Crippen molar-refractivity contribution in [3.8, 4) is 5.75 Å². The molecule has 1 aromatic rings. The first kappa shape index (κ1) is 21.8. The van der Waals surface area contributed by atoms with Crippen molar-refractivity contribution in [2.75, 3.05) is 13.2 Å². The highest BCUT2D eigenvalue weighted by atomic mass is 35.5. The highest BCUT2D eigenvalue weighted by Gasteiger charge is 2.19. The number of nitrogens with one attached hydrogen (secondary N) is 2.